The fraction of sp³-hybridized carbons (Fsp3) is 0.400. The summed E-state index contributed by atoms with van der Waals surface area (Å²) in [4.78, 5) is 40.2. The number of amides is 2. The average molecular weight is 587 g/mol. The third-order valence-electron chi connectivity index (χ3n) is 7.15. The zero-order valence-electron chi connectivity index (χ0n) is 25.7. The van der Waals surface area contributed by atoms with Gasteiger partial charge in [0, 0.05) is 19.6 Å². The van der Waals surface area contributed by atoms with E-state index in [-0.39, 0.29) is 6.54 Å². The summed E-state index contributed by atoms with van der Waals surface area (Å²) >= 11 is 0. The molecule has 1 aliphatic rings. The Bertz CT molecular complexity index is 1400. The van der Waals surface area contributed by atoms with E-state index < -0.39 is 29.7 Å². The van der Waals surface area contributed by atoms with Gasteiger partial charge in [0.2, 0.25) is 0 Å². The van der Waals surface area contributed by atoms with Gasteiger partial charge in [-0.3, -0.25) is 4.79 Å². The minimum absolute atomic E-state index is 0.0916. The van der Waals surface area contributed by atoms with Crippen LogP contribution in [0.1, 0.15) is 63.6 Å². The molecule has 4 rings (SSSR count). The molecule has 1 N–H and O–H groups in total. The molecule has 0 fully saturated rings. The molecule has 3 aromatic carbocycles. The van der Waals surface area contributed by atoms with Crippen molar-refractivity contribution in [3.05, 3.63) is 89.5 Å². The van der Waals surface area contributed by atoms with Gasteiger partial charge in [-0.2, -0.15) is 0 Å². The van der Waals surface area contributed by atoms with Crippen molar-refractivity contribution in [1.29, 1.82) is 0 Å². The van der Waals surface area contributed by atoms with Crippen LogP contribution in [-0.4, -0.2) is 48.4 Å². The summed E-state index contributed by atoms with van der Waals surface area (Å²) < 4.78 is 16.6. The van der Waals surface area contributed by atoms with Crippen molar-refractivity contribution < 1.29 is 28.6 Å². The van der Waals surface area contributed by atoms with Gasteiger partial charge in [-0.25, -0.2) is 9.59 Å². The Morgan fingerprint density at radius 3 is 2.28 bits per heavy atom. The number of hydrogen-bond acceptors (Lipinski definition) is 6. The first-order valence-electron chi connectivity index (χ1n) is 14.9. The number of nitrogens with one attached hydrogen (secondary N) is 1. The summed E-state index contributed by atoms with van der Waals surface area (Å²) in [5, 5.41) is 2.60. The molecule has 3 aromatic rings. The first-order chi connectivity index (χ1) is 20.5. The lowest BCUT2D eigenvalue weighted by molar-refractivity contribution is -0.156. The van der Waals surface area contributed by atoms with Crippen LogP contribution in [0.3, 0.4) is 0 Å². The van der Waals surface area contributed by atoms with Gasteiger partial charge in [0.25, 0.3) is 0 Å². The highest BCUT2D eigenvalue weighted by atomic mass is 16.6. The predicted molar refractivity (Wildman–Crippen MR) is 166 cm³/mol. The lowest BCUT2D eigenvalue weighted by Crippen LogP contribution is -2.41. The molecule has 8 nitrogen and oxygen atoms in total. The summed E-state index contributed by atoms with van der Waals surface area (Å²) in [6.07, 6.45) is -0.0532. The summed E-state index contributed by atoms with van der Waals surface area (Å²) in [6, 6.07) is 23.4. The van der Waals surface area contributed by atoms with Gasteiger partial charge in [-0.05, 0) is 79.5 Å². The van der Waals surface area contributed by atoms with Gasteiger partial charge >= 0.3 is 18.2 Å². The summed E-state index contributed by atoms with van der Waals surface area (Å²) in [6.45, 7) is 11.0. The Morgan fingerprint density at radius 2 is 1.60 bits per heavy atom. The second kappa shape index (κ2) is 14.2. The largest absolute Gasteiger partial charge is 0.494 e. The molecule has 0 radical (unpaired) electrons. The van der Waals surface area contributed by atoms with E-state index in [0.717, 1.165) is 34.4 Å². The second-order valence-corrected chi connectivity index (χ2v) is 12.2. The normalized spacial score (nSPS) is 13.6. The molecule has 228 valence electrons. The zero-order valence-corrected chi connectivity index (χ0v) is 25.7. The Hall–Kier alpha value is -4.33. The Morgan fingerprint density at radius 1 is 0.907 bits per heavy atom. The van der Waals surface area contributed by atoms with Gasteiger partial charge in [-0.1, -0.05) is 74.5 Å². The molecular weight excluding hydrogens is 544 g/mol. The van der Waals surface area contributed by atoms with Crippen LogP contribution in [0.15, 0.2) is 72.8 Å². The van der Waals surface area contributed by atoms with Crippen LogP contribution in [0, 0.1) is 5.92 Å². The Labute approximate surface area is 254 Å². The van der Waals surface area contributed by atoms with Crippen LogP contribution in [0.2, 0.25) is 0 Å². The summed E-state index contributed by atoms with van der Waals surface area (Å²) in [7, 11) is 0. The fourth-order valence-electron chi connectivity index (χ4n) is 4.81. The quantitative estimate of drug-likeness (QED) is 0.212. The molecule has 0 aromatic heterocycles. The van der Waals surface area contributed by atoms with Crippen LogP contribution in [0.5, 0.6) is 5.75 Å². The van der Waals surface area contributed by atoms with Gasteiger partial charge < -0.3 is 24.4 Å². The minimum atomic E-state index is -0.920. The van der Waals surface area contributed by atoms with Gasteiger partial charge in [0.15, 0.2) is 0 Å². The number of esters is 1. The van der Waals surface area contributed by atoms with Crippen LogP contribution < -0.4 is 10.1 Å². The lowest BCUT2D eigenvalue weighted by atomic mass is 9.96. The Kier molecular flexibility index (Phi) is 10.5. The molecule has 8 heteroatoms. The molecule has 1 aliphatic heterocycles. The second-order valence-electron chi connectivity index (χ2n) is 12.2. The molecule has 1 unspecified atom stereocenters. The third kappa shape index (κ3) is 9.33. The van der Waals surface area contributed by atoms with Crippen LogP contribution >= 0.6 is 0 Å². The molecule has 0 bridgehead atoms. The van der Waals surface area contributed by atoms with E-state index in [1.54, 1.807) is 20.8 Å². The maximum absolute atomic E-state index is 13.1. The fourth-order valence-corrected chi connectivity index (χ4v) is 4.81. The van der Waals surface area contributed by atoms with Crippen LogP contribution in [0.4, 0.5) is 9.59 Å². The van der Waals surface area contributed by atoms with Gasteiger partial charge in [-0.15, -0.1) is 0 Å². The predicted octanol–water partition coefficient (Wildman–Crippen LogP) is 7.11. The molecule has 0 spiro atoms. The number of carbonyl (C=O) groups is 3. The highest BCUT2D eigenvalue weighted by Crippen LogP contribution is 2.26. The third-order valence-corrected chi connectivity index (χ3v) is 7.15. The zero-order chi connectivity index (χ0) is 31.0. The van der Waals surface area contributed by atoms with Crippen molar-refractivity contribution in [3.63, 3.8) is 0 Å². The maximum atomic E-state index is 13.1. The molecule has 0 saturated carbocycles. The van der Waals surface area contributed by atoms with Crippen molar-refractivity contribution >= 4 is 18.2 Å². The van der Waals surface area contributed by atoms with Crippen molar-refractivity contribution in [1.82, 2.24) is 10.2 Å². The van der Waals surface area contributed by atoms with E-state index >= 15 is 0 Å². The SMILES string of the molecule is CC(C)CCOc1ccc2c(c1)CN(C(=O)OC(=O)NCC(C(=O)OC(C)(C)C)c1ccc(-c3ccccc3)cc1)CC2. The highest BCUT2D eigenvalue weighted by Gasteiger charge is 2.29. The molecule has 1 heterocycles. The number of hydrogen-bond donors (Lipinski definition) is 1. The van der Waals surface area contributed by atoms with Gasteiger partial charge in [0.1, 0.15) is 11.4 Å². The molecule has 0 aliphatic carbocycles. The van der Waals surface area contributed by atoms with Crippen molar-refractivity contribution in [2.24, 2.45) is 5.92 Å². The topological polar surface area (TPSA) is 94.2 Å². The number of carbonyl (C=O) groups excluding carboxylic acids is 3. The number of fused-ring (bicyclic) bond motifs is 1. The standard InChI is InChI=1S/C35H42N2O6/c1-24(2)18-20-41-30-16-15-27-17-19-37(23-29(27)21-30)34(40)42-33(39)36-22-31(32(38)43-35(3,4)5)28-13-11-26(12-14-28)25-9-7-6-8-10-25/h6-16,21,24,31H,17-20,22-23H2,1-5H3,(H,36,39). The number of benzene rings is 3. The summed E-state index contributed by atoms with van der Waals surface area (Å²) in [5.74, 6) is 0.0410. The van der Waals surface area contributed by atoms with E-state index in [4.69, 9.17) is 14.2 Å². The summed E-state index contributed by atoms with van der Waals surface area (Å²) in [5.41, 5.74) is 4.14. The smallest absolute Gasteiger partial charge is 0.419 e. The van der Waals surface area contributed by atoms with Crippen LogP contribution in [0.25, 0.3) is 11.1 Å². The van der Waals surface area contributed by atoms with E-state index in [9.17, 15) is 14.4 Å². The molecular formula is C35H42N2O6. The molecule has 43 heavy (non-hydrogen) atoms. The van der Waals surface area contributed by atoms with E-state index in [0.29, 0.717) is 37.6 Å². The van der Waals surface area contributed by atoms with Crippen LogP contribution in [-0.2, 0) is 27.2 Å². The van der Waals surface area contributed by atoms with E-state index in [1.165, 1.54) is 4.90 Å². The van der Waals surface area contributed by atoms with Crippen molar-refractivity contribution in [2.45, 2.75) is 65.5 Å². The van der Waals surface area contributed by atoms with E-state index in [1.807, 2.05) is 72.8 Å². The van der Waals surface area contributed by atoms with Crippen molar-refractivity contribution in [3.8, 4) is 16.9 Å². The first-order valence-corrected chi connectivity index (χ1v) is 14.9. The number of nitrogens with zero attached hydrogens (tertiary/aromatic N) is 1. The van der Waals surface area contributed by atoms with Crippen molar-refractivity contribution in [2.75, 3.05) is 19.7 Å². The molecule has 1 atom stereocenters. The highest BCUT2D eigenvalue weighted by molar-refractivity contribution is 5.85. The monoisotopic (exact) mass is 586 g/mol. The number of ether oxygens (including phenoxy) is 3. The molecule has 2 amide bonds. The average Bonchev–Trinajstić information content (AvgIpc) is 2.96. The maximum Gasteiger partial charge on any atom is 0.419 e. The number of alkyl carbamates (subject to hydrolysis) is 1. The van der Waals surface area contributed by atoms with Gasteiger partial charge in [0.05, 0.1) is 12.5 Å². The Balaban J connectivity index is 1.37. The minimum Gasteiger partial charge on any atom is -0.494 e. The molecule has 0 saturated heterocycles. The van der Waals surface area contributed by atoms with E-state index in [2.05, 4.69) is 19.2 Å². The lowest BCUT2D eigenvalue weighted by Gasteiger charge is -2.28. The first kappa shape index (κ1) is 31.6. The number of rotatable bonds is 9.